The molecule has 0 N–H and O–H groups in total. The highest BCUT2D eigenvalue weighted by Gasteiger charge is 2.33. The highest BCUT2D eigenvalue weighted by Crippen LogP contribution is 2.25. The summed E-state index contributed by atoms with van der Waals surface area (Å²) in [6, 6.07) is 10.3. The van der Waals surface area contributed by atoms with Gasteiger partial charge < -0.3 is 19.4 Å². The van der Waals surface area contributed by atoms with Crippen molar-refractivity contribution in [1.82, 2.24) is 19.6 Å². The third-order valence-electron chi connectivity index (χ3n) is 5.78. The van der Waals surface area contributed by atoms with E-state index < -0.39 is 5.60 Å². The number of benzene rings is 1. The molecule has 3 heterocycles. The molecule has 1 saturated heterocycles. The predicted octanol–water partition coefficient (Wildman–Crippen LogP) is 2.68. The first kappa shape index (κ1) is 21.2. The number of aromatic nitrogens is 2. The van der Waals surface area contributed by atoms with Crippen LogP contribution in [0.25, 0.3) is 0 Å². The van der Waals surface area contributed by atoms with E-state index in [1.807, 2.05) is 50.9 Å². The highest BCUT2D eigenvalue weighted by atomic mass is 16.6. The Morgan fingerprint density at radius 3 is 2.29 bits per heavy atom. The van der Waals surface area contributed by atoms with Crippen LogP contribution in [0.2, 0.25) is 0 Å². The number of hydrogen-bond acceptors (Lipinski definition) is 5. The van der Waals surface area contributed by atoms with Crippen molar-refractivity contribution in [3.05, 3.63) is 47.3 Å². The van der Waals surface area contributed by atoms with Crippen LogP contribution in [0.15, 0.2) is 30.3 Å². The summed E-state index contributed by atoms with van der Waals surface area (Å²) in [4.78, 5) is 31.7. The molecule has 0 atom stereocenters. The first-order valence-corrected chi connectivity index (χ1v) is 10.8. The van der Waals surface area contributed by atoms with Gasteiger partial charge in [-0.15, -0.1) is 0 Å². The van der Waals surface area contributed by atoms with Crippen molar-refractivity contribution in [1.29, 1.82) is 0 Å². The van der Waals surface area contributed by atoms with Crippen LogP contribution >= 0.6 is 0 Å². The molecule has 31 heavy (non-hydrogen) atoms. The Kier molecular flexibility index (Phi) is 5.64. The van der Waals surface area contributed by atoms with E-state index in [0.717, 1.165) is 24.3 Å². The van der Waals surface area contributed by atoms with Crippen LogP contribution in [-0.2, 0) is 24.8 Å². The summed E-state index contributed by atoms with van der Waals surface area (Å²) < 4.78 is 7.32. The number of aryl methyl sites for hydroxylation is 1. The fourth-order valence-corrected chi connectivity index (χ4v) is 4.20. The van der Waals surface area contributed by atoms with Crippen LogP contribution in [0, 0.1) is 0 Å². The number of carbonyl (C=O) groups is 2. The first-order chi connectivity index (χ1) is 14.7. The molecule has 0 saturated carbocycles. The molecular formula is C23H31N5O3. The van der Waals surface area contributed by atoms with Crippen molar-refractivity contribution in [2.45, 2.75) is 39.3 Å². The van der Waals surface area contributed by atoms with E-state index in [1.165, 1.54) is 5.69 Å². The smallest absolute Gasteiger partial charge is 0.410 e. The number of rotatable bonds is 2. The summed E-state index contributed by atoms with van der Waals surface area (Å²) in [6.45, 7) is 9.35. The number of nitrogens with zero attached hydrogens (tertiary/aromatic N) is 5. The molecule has 2 amide bonds. The number of piperazine rings is 1. The molecule has 8 heteroatoms. The van der Waals surface area contributed by atoms with Gasteiger partial charge in [0.25, 0.3) is 5.91 Å². The monoisotopic (exact) mass is 425 g/mol. The Hall–Kier alpha value is -3.03. The number of fused-ring (bicyclic) bond motifs is 1. The molecule has 2 aliphatic rings. The van der Waals surface area contributed by atoms with Gasteiger partial charge in [0.15, 0.2) is 5.69 Å². The Balaban J connectivity index is 1.46. The van der Waals surface area contributed by atoms with Crippen molar-refractivity contribution in [3.8, 4) is 0 Å². The molecule has 166 valence electrons. The van der Waals surface area contributed by atoms with Crippen molar-refractivity contribution in [3.63, 3.8) is 0 Å². The van der Waals surface area contributed by atoms with Crippen LogP contribution in [0.3, 0.4) is 0 Å². The zero-order valence-electron chi connectivity index (χ0n) is 18.8. The van der Waals surface area contributed by atoms with Crippen molar-refractivity contribution >= 4 is 17.7 Å². The lowest BCUT2D eigenvalue weighted by Gasteiger charge is -2.36. The van der Waals surface area contributed by atoms with E-state index in [2.05, 4.69) is 22.1 Å². The summed E-state index contributed by atoms with van der Waals surface area (Å²) >= 11 is 0. The second-order valence-corrected chi connectivity index (χ2v) is 9.16. The van der Waals surface area contributed by atoms with E-state index in [0.29, 0.717) is 38.3 Å². The standard InChI is InChI=1S/C23H31N5O3/c1-23(2,3)31-22(30)28-11-10-19-18(16-28)20(24-25(19)4)21(29)27-14-12-26(13-15-27)17-8-6-5-7-9-17/h5-9H,10-16H2,1-4H3. The number of para-hydroxylation sites is 1. The van der Waals surface area contributed by atoms with Gasteiger partial charge in [0.1, 0.15) is 5.60 Å². The van der Waals surface area contributed by atoms with Gasteiger partial charge in [0, 0.05) is 63.1 Å². The molecule has 0 bridgehead atoms. The quantitative estimate of drug-likeness (QED) is 0.740. The van der Waals surface area contributed by atoms with Crippen LogP contribution in [-0.4, -0.2) is 69.9 Å². The van der Waals surface area contributed by atoms with Gasteiger partial charge in [-0.1, -0.05) is 18.2 Å². The molecule has 0 unspecified atom stereocenters. The lowest BCUT2D eigenvalue weighted by molar-refractivity contribution is 0.0221. The summed E-state index contributed by atoms with van der Waals surface area (Å²) in [5.41, 5.74) is 2.95. The summed E-state index contributed by atoms with van der Waals surface area (Å²) in [5.74, 6) is -0.0596. The maximum atomic E-state index is 13.3. The van der Waals surface area contributed by atoms with E-state index in [1.54, 1.807) is 9.58 Å². The summed E-state index contributed by atoms with van der Waals surface area (Å²) in [7, 11) is 1.87. The van der Waals surface area contributed by atoms with Crippen molar-refractivity contribution in [2.75, 3.05) is 37.6 Å². The normalized spacial score (nSPS) is 16.8. The SMILES string of the molecule is Cn1nc(C(=O)N2CCN(c3ccccc3)CC2)c2c1CCN(C(=O)OC(C)(C)C)C2. The minimum Gasteiger partial charge on any atom is -0.444 e. The Labute approximate surface area is 183 Å². The number of anilines is 1. The molecule has 0 radical (unpaired) electrons. The van der Waals surface area contributed by atoms with Crippen LogP contribution in [0.5, 0.6) is 0 Å². The van der Waals surface area contributed by atoms with E-state index in [4.69, 9.17) is 4.74 Å². The van der Waals surface area contributed by atoms with Crippen LogP contribution in [0.4, 0.5) is 10.5 Å². The number of ether oxygens (including phenoxy) is 1. The zero-order valence-corrected chi connectivity index (χ0v) is 18.8. The maximum Gasteiger partial charge on any atom is 0.410 e. The second-order valence-electron chi connectivity index (χ2n) is 9.16. The maximum absolute atomic E-state index is 13.3. The summed E-state index contributed by atoms with van der Waals surface area (Å²) in [6.07, 6.45) is 0.310. The lowest BCUT2D eigenvalue weighted by Crippen LogP contribution is -2.49. The minimum atomic E-state index is -0.552. The van der Waals surface area contributed by atoms with Gasteiger partial charge in [0.2, 0.25) is 0 Å². The number of carbonyl (C=O) groups excluding carboxylic acids is 2. The predicted molar refractivity (Wildman–Crippen MR) is 118 cm³/mol. The average molecular weight is 426 g/mol. The molecule has 4 rings (SSSR count). The van der Waals surface area contributed by atoms with E-state index >= 15 is 0 Å². The van der Waals surface area contributed by atoms with Gasteiger partial charge in [0.05, 0.1) is 6.54 Å². The molecule has 8 nitrogen and oxygen atoms in total. The fourth-order valence-electron chi connectivity index (χ4n) is 4.20. The van der Waals surface area contributed by atoms with Crippen molar-refractivity contribution < 1.29 is 14.3 Å². The molecule has 2 aromatic rings. The third kappa shape index (κ3) is 4.52. The topological polar surface area (TPSA) is 70.9 Å². The molecule has 1 fully saturated rings. The van der Waals surface area contributed by atoms with E-state index in [-0.39, 0.29) is 12.0 Å². The lowest BCUT2D eigenvalue weighted by atomic mass is 10.0. The number of amides is 2. The average Bonchev–Trinajstić information content (AvgIpc) is 3.09. The molecule has 2 aliphatic heterocycles. The minimum absolute atomic E-state index is 0.0596. The highest BCUT2D eigenvalue weighted by molar-refractivity contribution is 5.94. The Morgan fingerprint density at radius 2 is 1.65 bits per heavy atom. The molecule has 0 spiro atoms. The first-order valence-electron chi connectivity index (χ1n) is 10.8. The zero-order chi connectivity index (χ0) is 22.2. The molecule has 1 aromatic carbocycles. The Bertz CT molecular complexity index is 956. The molecular weight excluding hydrogens is 394 g/mol. The molecule has 1 aromatic heterocycles. The van der Waals surface area contributed by atoms with Gasteiger partial charge in [-0.25, -0.2) is 4.79 Å². The third-order valence-corrected chi connectivity index (χ3v) is 5.78. The largest absolute Gasteiger partial charge is 0.444 e. The van der Waals surface area contributed by atoms with Gasteiger partial charge in [-0.3, -0.25) is 9.48 Å². The van der Waals surface area contributed by atoms with E-state index in [9.17, 15) is 9.59 Å². The van der Waals surface area contributed by atoms with Crippen LogP contribution < -0.4 is 4.90 Å². The van der Waals surface area contributed by atoms with Crippen molar-refractivity contribution in [2.24, 2.45) is 7.05 Å². The van der Waals surface area contributed by atoms with Crippen LogP contribution in [0.1, 0.15) is 42.5 Å². The van der Waals surface area contributed by atoms with Gasteiger partial charge in [-0.2, -0.15) is 5.10 Å². The summed E-state index contributed by atoms with van der Waals surface area (Å²) in [5, 5.41) is 4.55. The number of hydrogen-bond donors (Lipinski definition) is 0. The second kappa shape index (κ2) is 8.24. The molecule has 0 aliphatic carbocycles. The fraction of sp³-hybridized carbons (Fsp3) is 0.522. The van der Waals surface area contributed by atoms with Gasteiger partial charge >= 0.3 is 6.09 Å². The Morgan fingerprint density at radius 1 is 0.968 bits per heavy atom. The van der Waals surface area contributed by atoms with Gasteiger partial charge in [-0.05, 0) is 32.9 Å².